The molecule has 0 unspecified atom stereocenters. The summed E-state index contributed by atoms with van der Waals surface area (Å²) in [7, 11) is -3.84. The van der Waals surface area contributed by atoms with Crippen molar-refractivity contribution < 1.29 is 18.3 Å². The van der Waals surface area contributed by atoms with E-state index < -0.39 is 16.0 Å². The molecule has 0 bridgehead atoms. The van der Waals surface area contributed by atoms with Gasteiger partial charge in [0.2, 0.25) is 10.0 Å². The molecule has 2 aromatic heterocycles. The van der Waals surface area contributed by atoms with Crippen molar-refractivity contribution in [3.63, 3.8) is 0 Å². The van der Waals surface area contributed by atoms with Crippen LogP contribution in [0.4, 0.5) is 0 Å². The first-order valence-electron chi connectivity index (χ1n) is 11.7. The highest BCUT2D eigenvalue weighted by Crippen LogP contribution is 2.25. The Bertz CT molecular complexity index is 1470. The number of aliphatic carboxylic acids is 1. The number of benzene rings is 2. The van der Waals surface area contributed by atoms with Crippen LogP contribution in [0.5, 0.6) is 0 Å². The Morgan fingerprint density at radius 1 is 0.946 bits per heavy atom. The third-order valence-electron chi connectivity index (χ3n) is 5.76. The number of thiazole rings is 1. The number of sulfonamides is 1. The van der Waals surface area contributed by atoms with Crippen molar-refractivity contribution in [1.82, 2.24) is 14.3 Å². The Kier molecular flexibility index (Phi) is 8.60. The Morgan fingerprint density at radius 3 is 2.38 bits per heavy atom. The predicted molar refractivity (Wildman–Crippen MR) is 146 cm³/mol. The van der Waals surface area contributed by atoms with E-state index >= 15 is 0 Å². The molecule has 0 fully saturated rings. The van der Waals surface area contributed by atoms with E-state index in [1.54, 1.807) is 48.9 Å². The van der Waals surface area contributed by atoms with Gasteiger partial charge in [-0.2, -0.15) is 4.31 Å². The first kappa shape index (κ1) is 26.4. The van der Waals surface area contributed by atoms with Gasteiger partial charge in [0.1, 0.15) is 5.01 Å². The van der Waals surface area contributed by atoms with Crippen LogP contribution in [0.2, 0.25) is 0 Å². The number of aromatic nitrogens is 2. The zero-order valence-electron chi connectivity index (χ0n) is 20.3. The first-order valence-corrected chi connectivity index (χ1v) is 14.0. The SMILES string of the molecule is CC(=Cc1ccccn1)S(=O)(=O)N(Cc1ccc(-c2nccs2)cc1)Cc1cccc(CCC(=O)O)c1. The second-order valence-electron chi connectivity index (χ2n) is 8.53. The van der Waals surface area contributed by atoms with Gasteiger partial charge < -0.3 is 5.11 Å². The minimum absolute atomic E-state index is 0.0167. The molecule has 2 aromatic carbocycles. The third-order valence-corrected chi connectivity index (χ3v) is 8.45. The van der Waals surface area contributed by atoms with E-state index in [1.807, 2.05) is 60.0 Å². The second kappa shape index (κ2) is 12.1. The van der Waals surface area contributed by atoms with E-state index in [0.29, 0.717) is 12.1 Å². The van der Waals surface area contributed by atoms with Crippen molar-refractivity contribution in [2.75, 3.05) is 0 Å². The Labute approximate surface area is 220 Å². The Morgan fingerprint density at radius 2 is 1.70 bits per heavy atom. The van der Waals surface area contributed by atoms with Crippen LogP contribution in [-0.4, -0.2) is 33.8 Å². The highest BCUT2D eigenvalue weighted by molar-refractivity contribution is 7.93. The van der Waals surface area contributed by atoms with Gasteiger partial charge in [0.25, 0.3) is 0 Å². The van der Waals surface area contributed by atoms with E-state index in [4.69, 9.17) is 5.11 Å². The molecule has 2 heterocycles. The molecule has 9 heteroatoms. The molecule has 0 saturated carbocycles. The van der Waals surface area contributed by atoms with Crippen molar-refractivity contribution in [3.8, 4) is 10.6 Å². The number of nitrogens with zero attached hydrogens (tertiary/aromatic N) is 3. The fraction of sp³-hybridized carbons (Fsp3) is 0.179. The van der Waals surface area contributed by atoms with Crippen molar-refractivity contribution in [2.45, 2.75) is 32.9 Å². The van der Waals surface area contributed by atoms with Crippen molar-refractivity contribution >= 4 is 33.4 Å². The molecular formula is C28H27N3O4S2. The summed E-state index contributed by atoms with van der Waals surface area (Å²) in [5, 5.41) is 11.8. The maximum Gasteiger partial charge on any atom is 0.303 e. The molecule has 0 spiro atoms. The first-order chi connectivity index (χ1) is 17.8. The number of carboxylic acids is 1. The summed E-state index contributed by atoms with van der Waals surface area (Å²) in [5.41, 5.74) is 4.02. The average Bonchev–Trinajstić information content (AvgIpc) is 3.43. The van der Waals surface area contributed by atoms with Crippen LogP contribution in [0.15, 0.2) is 89.4 Å². The summed E-state index contributed by atoms with van der Waals surface area (Å²) in [6.45, 7) is 1.89. The Hall–Kier alpha value is -3.66. The van der Waals surface area contributed by atoms with Gasteiger partial charge in [-0.05, 0) is 48.2 Å². The Balaban J connectivity index is 1.63. The molecule has 0 radical (unpaired) electrons. The van der Waals surface area contributed by atoms with Gasteiger partial charge in [-0.25, -0.2) is 13.4 Å². The molecule has 4 rings (SSSR count). The molecule has 4 aromatic rings. The van der Waals surface area contributed by atoms with Crippen LogP contribution < -0.4 is 0 Å². The normalized spacial score (nSPS) is 12.1. The monoisotopic (exact) mass is 533 g/mol. The highest BCUT2D eigenvalue weighted by Gasteiger charge is 2.25. The summed E-state index contributed by atoms with van der Waals surface area (Å²) in [6, 6.07) is 20.5. The molecule has 0 aliphatic carbocycles. The molecule has 0 saturated heterocycles. The van der Waals surface area contributed by atoms with Crippen LogP contribution in [0, 0.1) is 0 Å². The smallest absolute Gasteiger partial charge is 0.303 e. The van der Waals surface area contributed by atoms with Gasteiger partial charge in [-0.1, -0.05) is 54.6 Å². The largest absolute Gasteiger partial charge is 0.481 e. The summed E-state index contributed by atoms with van der Waals surface area (Å²) < 4.78 is 28.9. The predicted octanol–water partition coefficient (Wildman–Crippen LogP) is 5.62. The lowest BCUT2D eigenvalue weighted by Gasteiger charge is -2.23. The van der Waals surface area contributed by atoms with Crippen LogP contribution in [0.25, 0.3) is 16.6 Å². The fourth-order valence-corrected chi connectivity index (χ4v) is 5.79. The number of hydrogen-bond donors (Lipinski definition) is 1. The molecular weight excluding hydrogens is 506 g/mol. The number of rotatable bonds is 11. The summed E-state index contributed by atoms with van der Waals surface area (Å²) in [4.78, 5) is 19.7. The van der Waals surface area contributed by atoms with E-state index in [1.165, 1.54) is 4.31 Å². The molecule has 0 atom stereocenters. The number of allylic oxidation sites excluding steroid dienone is 1. The summed E-state index contributed by atoms with van der Waals surface area (Å²) in [6.07, 6.45) is 5.34. The van der Waals surface area contributed by atoms with E-state index in [2.05, 4.69) is 9.97 Å². The van der Waals surface area contributed by atoms with Crippen LogP contribution >= 0.6 is 11.3 Å². The van der Waals surface area contributed by atoms with Crippen molar-refractivity contribution in [1.29, 1.82) is 0 Å². The number of aryl methyl sites for hydroxylation is 1. The lowest BCUT2D eigenvalue weighted by molar-refractivity contribution is -0.136. The molecule has 0 aliphatic rings. The maximum atomic E-state index is 13.7. The summed E-state index contributed by atoms with van der Waals surface area (Å²) >= 11 is 1.55. The minimum Gasteiger partial charge on any atom is -0.481 e. The van der Waals surface area contributed by atoms with E-state index in [-0.39, 0.29) is 24.4 Å². The van der Waals surface area contributed by atoms with E-state index in [9.17, 15) is 13.2 Å². The third kappa shape index (κ3) is 7.19. The van der Waals surface area contributed by atoms with Crippen molar-refractivity contribution in [3.05, 3.63) is 112 Å². The van der Waals surface area contributed by atoms with Gasteiger partial charge in [-0.3, -0.25) is 9.78 Å². The molecule has 1 N–H and O–H groups in total. The van der Waals surface area contributed by atoms with Gasteiger partial charge in [-0.15, -0.1) is 11.3 Å². The highest BCUT2D eigenvalue weighted by atomic mass is 32.2. The number of carboxylic acid groups (broad SMARTS) is 1. The van der Waals surface area contributed by atoms with Gasteiger partial charge in [0.15, 0.2) is 0 Å². The van der Waals surface area contributed by atoms with Gasteiger partial charge >= 0.3 is 5.97 Å². The average molecular weight is 534 g/mol. The second-order valence-corrected chi connectivity index (χ2v) is 11.5. The molecule has 190 valence electrons. The topological polar surface area (TPSA) is 100 Å². The number of carbonyl (C=O) groups is 1. The van der Waals surface area contributed by atoms with Crippen LogP contribution in [0.1, 0.15) is 35.7 Å². The van der Waals surface area contributed by atoms with E-state index in [0.717, 1.165) is 27.3 Å². The van der Waals surface area contributed by atoms with Gasteiger partial charge in [0.05, 0.1) is 10.6 Å². The molecule has 0 amide bonds. The molecule has 7 nitrogen and oxygen atoms in total. The molecule has 37 heavy (non-hydrogen) atoms. The van der Waals surface area contributed by atoms with Crippen LogP contribution in [-0.2, 0) is 34.3 Å². The van der Waals surface area contributed by atoms with Gasteiger partial charge in [0, 0.05) is 42.8 Å². The van der Waals surface area contributed by atoms with Crippen LogP contribution in [0.3, 0.4) is 0 Å². The summed E-state index contributed by atoms with van der Waals surface area (Å²) in [5.74, 6) is -0.869. The van der Waals surface area contributed by atoms with Crippen molar-refractivity contribution in [2.24, 2.45) is 0 Å². The zero-order chi connectivity index (χ0) is 26.3. The maximum absolute atomic E-state index is 13.7. The lowest BCUT2D eigenvalue weighted by Crippen LogP contribution is -2.30. The number of pyridine rings is 1. The minimum atomic E-state index is -3.84. The zero-order valence-corrected chi connectivity index (χ0v) is 22.0. The quantitative estimate of drug-likeness (QED) is 0.269. The fourth-order valence-electron chi connectivity index (χ4n) is 3.83. The molecule has 0 aliphatic heterocycles. The number of hydrogen-bond acceptors (Lipinski definition) is 6. The lowest BCUT2D eigenvalue weighted by atomic mass is 10.1. The standard InChI is InChI=1S/C28H27N3O4S2/c1-21(17-26-7-2-3-14-29-26)37(34,35)31(20-24-6-4-5-22(18-24)10-13-27(32)33)19-23-8-11-25(12-9-23)28-30-15-16-36-28/h2-9,11-12,14-18H,10,13,19-20H2,1H3,(H,32,33).